The molecule has 0 aliphatic rings. The van der Waals surface area contributed by atoms with E-state index in [1.165, 1.54) is 6.92 Å². The van der Waals surface area contributed by atoms with Gasteiger partial charge in [-0.2, -0.15) is 0 Å². The van der Waals surface area contributed by atoms with Crippen LogP contribution in [-0.2, 0) is 9.59 Å². The van der Waals surface area contributed by atoms with Crippen molar-refractivity contribution in [3.05, 3.63) is 35.4 Å². The summed E-state index contributed by atoms with van der Waals surface area (Å²) < 4.78 is 0. The number of carbonyl (C=O) groups is 2. The average Bonchev–Trinajstić information content (AvgIpc) is 2.28. The summed E-state index contributed by atoms with van der Waals surface area (Å²) in [5, 5.41) is 5.34. The highest BCUT2D eigenvalue weighted by Crippen LogP contribution is 2.17. The summed E-state index contributed by atoms with van der Waals surface area (Å²) in [7, 11) is 1.59. The Hall–Kier alpha value is -1.84. The molecule has 17 heavy (non-hydrogen) atoms. The number of amides is 2. The summed E-state index contributed by atoms with van der Waals surface area (Å²) in [6, 6.07) is 7.52. The van der Waals surface area contributed by atoms with Crippen LogP contribution >= 0.6 is 0 Å². The molecule has 2 N–H and O–H groups in total. The van der Waals surface area contributed by atoms with Crippen molar-refractivity contribution in [2.24, 2.45) is 0 Å². The standard InChI is InChI=1S/C13H18N2O2/c1-9-4-6-11(7-5-9)12(15-10(2)16)8-13(17)14-3/h4-7,12H,8H2,1-3H3,(H,14,17)(H,15,16)/t12-/m1/s1. The summed E-state index contributed by atoms with van der Waals surface area (Å²) in [5.41, 5.74) is 2.09. The van der Waals surface area contributed by atoms with Gasteiger partial charge in [0.2, 0.25) is 11.8 Å². The highest BCUT2D eigenvalue weighted by Gasteiger charge is 2.15. The Labute approximate surface area is 101 Å². The van der Waals surface area contributed by atoms with Crippen LogP contribution in [0.15, 0.2) is 24.3 Å². The second-order valence-corrected chi connectivity index (χ2v) is 4.04. The average molecular weight is 234 g/mol. The summed E-state index contributed by atoms with van der Waals surface area (Å²) in [6.07, 6.45) is 0.249. The Morgan fingerprint density at radius 3 is 2.29 bits per heavy atom. The third-order valence-corrected chi connectivity index (χ3v) is 2.53. The molecule has 92 valence electrons. The number of nitrogens with one attached hydrogen (secondary N) is 2. The van der Waals surface area contributed by atoms with E-state index in [0.717, 1.165) is 11.1 Å². The van der Waals surface area contributed by atoms with Crippen molar-refractivity contribution >= 4 is 11.8 Å². The van der Waals surface area contributed by atoms with Gasteiger partial charge in [0.05, 0.1) is 12.5 Å². The van der Waals surface area contributed by atoms with Crippen LogP contribution in [0, 0.1) is 6.92 Å². The van der Waals surface area contributed by atoms with Gasteiger partial charge >= 0.3 is 0 Å². The second-order valence-electron chi connectivity index (χ2n) is 4.04. The van der Waals surface area contributed by atoms with E-state index in [-0.39, 0.29) is 24.3 Å². The van der Waals surface area contributed by atoms with Crippen LogP contribution in [0.25, 0.3) is 0 Å². The summed E-state index contributed by atoms with van der Waals surface area (Å²) in [5.74, 6) is -0.233. The van der Waals surface area contributed by atoms with Gasteiger partial charge in [0.25, 0.3) is 0 Å². The van der Waals surface area contributed by atoms with E-state index in [0.29, 0.717) is 0 Å². The number of hydrogen-bond donors (Lipinski definition) is 2. The zero-order valence-electron chi connectivity index (χ0n) is 10.4. The van der Waals surface area contributed by atoms with Crippen molar-refractivity contribution in [1.29, 1.82) is 0 Å². The SMILES string of the molecule is CNC(=O)C[C@@H](NC(C)=O)c1ccc(C)cc1. The second kappa shape index (κ2) is 6.03. The summed E-state index contributed by atoms with van der Waals surface area (Å²) in [4.78, 5) is 22.5. The molecule has 0 heterocycles. The van der Waals surface area contributed by atoms with Gasteiger partial charge in [0.15, 0.2) is 0 Å². The first-order valence-electron chi connectivity index (χ1n) is 5.57. The van der Waals surface area contributed by atoms with Crippen LogP contribution in [0.4, 0.5) is 0 Å². The Balaban J connectivity index is 2.85. The molecular formula is C13H18N2O2. The van der Waals surface area contributed by atoms with Gasteiger partial charge in [-0.15, -0.1) is 0 Å². The maximum atomic E-state index is 11.4. The maximum absolute atomic E-state index is 11.4. The molecule has 1 atom stereocenters. The molecule has 1 aromatic rings. The van der Waals surface area contributed by atoms with E-state index in [1.807, 2.05) is 31.2 Å². The molecule has 0 fully saturated rings. The molecule has 1 aromatic carbocycles. The quantitative estimate of drug-likeness (QED) is 0.825. The smallest absolute Gasteiger partial charge is 0.222 e. The fraction of sp³-hybridized carbons (Fsp3) is 0.385. The molecule has 0 aliphatic carbocycles. The fourth-order valence-corrected chi connectivity index (χ4v) is 1.58. The minimum absolute atomic E-state index is 0.0932. The Morgan fingerprint density at radius 2 is 1.82 bits per heavy atom. The number of rotatable bonds is 4. The molecule has 0 bridgehead atoms. The third kappa shape index (κ3) is 4.26. The first-order valence-corrected chi connectivity index (χ1v) is 5.57. The molecule has 0 aromatic heterocycles. The fourth-order valence-electron chi connectivity index (χ4n) is 1.58. The van der Waals surface area contributed by atoms with Gasteiger partial charge < -0.3 is 10.6 Å². The largest absolute Gasteiger partial charge is 0.359 e. The highest BCUT2D eigenvalue weighted by molar-refractivity contribution is 5.78. The molecule has 0 saturated heterocycles. The summed E-state index contributed by atoms with van der Waals surface area (Å²) in [6.45, 7) is 3.45. The van der Waals surface area contributed by atoms with E-state index in [4.69, 9.17) is 0 Å². The van der Waals surface area contributed by atoms with Crippen LogP contribution < -0.4 is 10.6 Å². The molecular weight excluding hydrogens is 216 g/mol. The summed E-state index contributed by atoms with van der Waals surface area (Å²) >= 11 is 0. The molecule has 1 rings (SSSR count). The van der Waals surface area contributed by atoms with Gasteiger partial charge in [-0.1, -0.05) is 29.8 Å². The first-order chi connectivity index (χ1) is 8.02. The predicted molar refractivity (Wildman–Crippen MR) is 66.4 cm³/mol. The lowest BCUT2D eigenvalue weighted by Crippen LogP contribution is -2.31. The minimum Gasteiger partial charge on any atom is -0.359 e. The molecule has 0 spiro atoms. The molecule has 0 aliphatic heterocycles. The molecule has 2 amide bonds. The van der Waals surface area contributed by atoms with Crippen LogP contribution in [0.3, 0.4) is 0 Å². The molecule has 0 unspecified atom stereocenters. The van der Waals surface area contributed by atoms with Crippen LogP contribution in [0.5, 0.6) is 0 Å². The normalized spacial score (nSPS) is 11.7. The number of carbonyl (C=O) groups excluding carboxylic acids is 2. The minimum atomic E-state index is -0.270. The van der Waals surface area contributed by atoms with Crippen molar-refractivity contribution < 1.29 is 9.59 Å². The lowest BCUT2D eigenvalue weighted by molar-refractivity contribution is -0.122. The van der Waals surface area contributed by atoms with Gasteiger partial charge in [0.1, 0.15) is 0 Å². The Kier molecular flexibility index (Phi) is 4.69. The molecule has 4 heteroatoms. The molecule has 0 saturated carbocycles. The number of benzene rings is 1. The van der Waals surface area contributed by atoms with Crippen LogP contribution in [0.1, 0.15) is 30.5 Å². The van der Waals surface area contributed by atoms with Gasteiger partial charge in [-0.25, -0.2) is 0 Å². The van der Waals surface area contributed by atoms with Gasteiger partial charge in [-0.3, -0.25) is 9.59 Å². The lowest BCUT2D eigenvalue weighted by atomic mass is 10.0. The van der Waals surface area contributed by atoms with Crippen molar-refractivity contribution in [2.75, 3.05) is 7.05 Å². The Morgan fingerprint density at radius 1 is 1.24 bits per heavy atom. The van der Waals surface area contributed by atoms with E-state index in [9.17, 15) is 9.59 Å². The van der Waals surface area contributed by atoms with Crippen molar-refractivity contribution in [3.63, 3.8) is 0 Å². The highest BCUT2D eigenvalue weighted by atomic mass is 16.2. The van der Waals surface area contributed by atoms with Crippen molar-refractivity contribution in [1.82, 2.24) is 10.6 Å². The predicted octanol–water partition coefficient (Wildman–Crippen LogP) is 1.31. The van der Waals surface area contributed by atoms with Gasteiger partial charge in [0, 0.05) is 14.0 Å². The monoisotopic (exact) mass is 234 g/mol. The number of aryl methyl sites for hydroxylation is 1. The van der Waals surface area contributed by atoms with Crippen molar-refractivity contribution in [2.45, 2.75) is 26.3 Å². The van der Waals surface area contributed by atoms with E-state index < -0.39 is 0 Å². The third-order valence-electron chi connectivity index (χ3n) is 2.53. The van der Waals surface area contributed by atoms with Crippen LogP contribution in [-0.4, -0.2) is 18.9 Å². The first kappa shape index (κ1) is 13.2. The van der Waals surface area contributed by atoms with E-state index in [2.05, 4.69) is 10.6 Å². The van der Waals surface area contributed by atoms with E-state index >= 15 is 0 Å². The lowest BCUT2D eigenvalue weighted by Gasteiger charge is -2.17. The van der Waals surface area contributed by atoms with Gasteiger partial charge in [-0.05, 0) is 12.5 Å². The maximum Gasteiger partial charge on any atom is 0.222 e. The Bertz CT molecular complexity index is 398. The zero-order chi connectivity index (χ0) is 12.8. The zero-order valence-corrected chi connectivity index (χ0v) is 10.4. The molecule has 0 radical (unpaired) electrons. The van der Waals surface area contributed by atoms with Crippen LogP contribution in [0.2, 0.25) is 0 Å². The molecule has 4 nitrogen and oxygen atoms in total. The van der Waals surface area contributed by atoms with Crippen molar-refractivity contribution in [3.8, 4) is 0 Å². The number of hydrogen-bond acceptors (Lipinski definition) is 2. The van der Waals surface area contributed by atoms with E-state index in [1.54, 1.807) is 7.05 Å². The topological polar surface area (TPSA) is 58.2 Å².